The number of nitrogens with zero attached hydrogens (tertiary/aromatic N) is 5. The molecular weight excluding hydrogens is 362 g/mol. The molecule has 146 valence electrons. The number of aromatic nitrogens is 3. The average Bonchev–Trinajstić information content (AvgIpc) is 3.54. The number of benzene rings is 1. The SMILES string of the molecule is CN1C=CC(c2cnc(N)nc2CC2CC2)=NC1Nc1cnc2ccccc2c1. The van der Waals surface area contributed by atoms with Gasteiger partial charge >= 0.3 is 0 Å². The smallest absolute Gasteiger partial charge is 0.220 e. The van der Waals surface area contributed by atoms with Gasteiger partial charge in [0.25, 0.3) is 0 Å². The molecule has 1 aliphatic carbocycles. The molecule has 5 rings (SSSR count). The van der Waals surface area contributed by atoms with Gasteiger partial charge in [-0.1, -0.05) is 18.2 Å². The van der Waals surface area contributed by atoms with Gasteiger partial charge in [0.15, 0.2) is 6.29 Å². The average molecular weight is 385 g/mol. The van der Waals surface area contributed by atoms with Crippen LogP contribution in [0.25, 0.3) is 10.9 Å². The summed E-state index contributed by atoms with van der Waals surface area (Å²) >= 11 is 0. The van der Waals surface area contributed by atoms with Crippen LogP contribution in [-0.4, -0.2) is 38.9 Å². The number of pyridine rings is 1. The van der Waals surface area contributed by atoms with Gasteiger partial charge in [0.2, 0.25) is 5.95 Å². The molecule has 0 amide bonds. The van der Waals surface area contributed by atoms with E-state index in [0.29, 0.717) is 11.9 Å². The first-order valence-corrected chi connectivity index (χ1v) is 9.87. The van der Waals surface area contributed by atoms with Crippen molar-refractivity contribution in [3.05, 3.63) is 66.3 Å². The molecule has 7 heteroatoms. The van der Waals surface area contributed by atoms with E-state index < -0.39 is 0 Å². The van der Waals surface area contributed by atoms with Crippen molar-refractivity contribution >= 4 is 28.3 Å². The number of hydrogen-bond donors (Lipinski definition) is 2. The van der Waals surface area contributed by atoms with Crippen molar-refractivity contribution in [3.63, 3.8) is 0 Å². The van der Waals surface area contributed by atoms with E-state index in [9.17, 15) is 0 Å². The van der Waals surface area contributed by atoms with Gasteiger partial charge < -0.3 is 16.0 Å². The minimum absolute atomic E-state index is 0.246. The summed E-state index contributed by atoms with van der Waals surface area (Å²) in [6.45, 7) is 0. The second kappa shape index (κ2) is 7.16. The van der Waals surface area contributed by atoms with Crippen LogP contribution in [0.5, 0.6) is 0 Å². The van der Waals surface area contributed by atoms with Crippen molar-refractivity contribution in [1.82, 2.24) is 19.9 Å². The zero-order valence-corrected chi connectivity index (χ0v) is 16.3. The van der Waals surface area contributed by atoms with Crippen LogP contribution < -0.4 is 11.1 Å². The molecule has 0 bridgehead atoms. The molecule has 1 unspecified atom stereocenters. The van der Waals surface area contributed by atoms with Gasteiger partial charge in [0.1, 0.15) is 0 Å². The van der Waals surface area contributed by atoms with Gasteiger partial charge in [-0.15, -0.1) is 0 Å². The normalized spacial score (nSPS) is 18.7. The largest absolute Gasteiger partial charge is 0.368 e. The molecule has 3 aromatic rings. The van der Waals surface area contributed by atoms with E-state index in [1.54, 1.807) is 6.20 Å². The van der Waals surface area contributed by atoms with Crippen molar-refractivity contribution in [1.29, 1.82) is 0 Å². The molecule has 0 spiro atoms. The zero-order valence-electron chi connectivity index (χ0n) is 16.3. The fourth-order valence-corrected chi connectivity index (χ4v) is 3.53. The van der Waals surface area contributed by atoms with E-state index >= 15 is 0 Å². The maximum Gasteiger partial charge on any atom is 0.220 e. The van der Waals surface area contributed by atoms with Crippen molar-refractivity contribution in [2.45, 2.75) is 25.6 Å². The Morgan fingerprint density at radius 3 is 2.90 bits per heavy atom. The molecule has 0 radical (unpaired) electrons. The number of hydrogen-bond acceptors (Lipinski definition) is 7. The molecule has 2 aliphatic rings. The molecule has 3 heterocycles. The Morgan fingerprint density at radius 1 is 1.17 bits per heavy atom. The van der Waals surface area contributed by atoms with Crippen LogP contribution in [0.2, 0.25) is 0 Å². The molecular formula is C22H23N7. The topological polar surface area (TPSA) is 92.3 Å². The summed E-state index contributed by atoms with van der Waals surface area (Å²) in [5, 5.41) is 4.56. The minimum Gasteiger partial charge on any atom is -0.368 e. The van der Waals surface area contributed by atoms with Gasteiger partial charge in [-0.25, -0.2) is 15.0 Å². The fourth-order valence-electron chi connectivity index (χ4n) is 3.53. The van der Waals surface area contributed by atoms with E-state index in [4.69, 9.17) is 10.7 Å². The number of allylic oxidation sites excluding steroid dienone is 1. The van der Waals surface area contributed by atoms with Gasteiger partial charge in [0, 0.05) is 30.4 Å². The molecule has 29 heavy (non-hydrogen) atoms. The second-order valence-corrected chi connectivity index (χ2v) is 7.67. The molecule has 3 N–H and O–H groups in total. The monoisotopic (exact) mass is 385 g/mol. The molecule has 0 saturated heterocycles. The first-order valence-electron chi connectivity index (χ1n) is 9.87. The fraction of sp³-hybridized carbons (Fsp3) is 0.273. The highest BCUT2D eigenvalue weighted by molar-refractivity contribution is 6.09. The number of nitrogens with one attached hydrogen (secondary N) is 1. The van der Waals surface area contributed by atoms with E-state index in [0.717, 1.165) is 40.0 Å². The lowest BCUT2D eigenvalue weighted by Crippen LogP contribution is -2.36. The van der Waals surface area contributed by atoms with Crippen molar-refractivity contribution < 1.29 is 0 Å². The number of anilines is 2. The number of para-hydroxylation sites is 1. The van der Waals surface area contributed by atoms with Crippen LogP contribution in [-0.2, 0) is 6.42 Å². The molecule has 1 saturated carbocycles. The maximum atomic E-state index is 5.84. The van der Waals surface area contributed by atoms with Crippen LogP contribution in [0, 0.1) is 5.92 Å². The summed E-state index contributed by atoms with van der Waals surface area (Å²) in [4.78, 5) is 20.2. The zero-order chi connectivity index (χ0) is 19.8. The Hall–Kier alpha value is -3.48. The molecule has 1 fully saturated rings. The summed E-state index contributed by atoms with van der Waals surface area (Å²) in [7, 11) is 1.99. The highest BCUT2D eigenvalue weighted by Gasteiger charge is 2.26. The number of fused-ring (bicyclic) bond motifs is 1. The highest BCUT2D eigenvalue weighted by Crippen LogP contribution is 2.33. The quantitative estimate of drug-likeness (QED) is 0.701. The predicted octanol–water partition coefficient (Wildman–Crippen LogP) is 3.20. The Labute approximate surface area is 169 Å². The van der Waals surface area contributed by atoms with E-state index in [-0.39, 0.29) is 6.29 Å². The lowest BCUT2D eigenvalue weighted by molar-refractivity contribution is 0.368. The van der Waals surface area contributed by atoms with Gasteiger partial charge in [0.05, 0.1) is 28.8 Å². The van der Waals surface area contributed by atoms with Crippen LogP contribution in [0.15, 0.2) is 60.0 Å². The summed E-state index contributed by atoms with van der Waals surface area (Å²) < 4.78 is 0. The lowest BCUT2D eigenvalue weighted by atomic mass is 10.0. The van der Waals surface area contributed by atoms with Crippen LogP contribution in [0.4, 0.5) is 11.6 Å². The van der Waals surface area contributed by atoms with Crippen molar-refractivity contribution in [2.24, 2.45) is 10.9 Å². The van der Waals surface area contributed by atoms with E-state index in [2.05, 4.69) is 32.4 Å². The van der Waals surface area contributed by atoms with Crippen molar-refractivity contribution in [3.8, 4) is 0 Å². The standard InChI is InChI=1S/C22H23N7/c1-29-9-8-19(17-13-25-21(23)27-20(17)10-14-6-7-14)28-22(29)26-16-11-15-4-2-3-5-18(15)24-12-16/h2-5,8-9,11-14,22,26H,6-7,10H2,1H3,(H2,23,25,27). The van der Waals surface area contributed by atoms with Crippen LogP contribution >= 0.6 is 0 Å². The molecule has 1 atom stereocenters. The van der Waals surface area contributed by atoms with Crippen LogP contribution in [0.3, 0.4) is 0 Å². The van der Waals surface area contributed by atoms with E-state index in [1.165, 1.54) is 12.8 Å². The summed E-state index contributed by atoms with van der Waals surface area (Å²) in [6.07, 6.45) is 10.9. The van der Waals surface area contributed by atoms with Crippen molar-refractivity contribution in [2.75, 3.05) is 18.1 Å². The third-order valence-electron chi connectivity index (χ3n) is 5.34. The van der Waals surface area contributed by atoms with Crippen LogP contribution in [0.1, 0.15) is 24.1 Å². The Bertz CT molecular complexity index is 1120. The number of nitrogen functional groups attached to an aromatic ring is 1. The molecule has 1 aromatic carbocycles. The number of aliphatic imine (C=N–C) groups is 1. The molecule has 2 aromatic heterocycles. The van der Waals surface area contributed by atoms with Gasteiger partial charge in [-0.3, -0.25) is 4.98 Å². The Balaban J connectivity index is 1.44. The second-order valence-electron chi connectivity index (χ2n) is 7.67. The molecule has 7 nitrogen and oxygen atoms in total. The lowest BCUT2D eigenvalue weighted by Gasteiger charge is -2.29. The number of rotatable bonds is 5. The first-order chi connectivity index (χ1) is 14.2. The highest BCUT2D eigenvalue weighted by atomic mass is 15.3. The van der Waals surface area contributed by atoms with Gasteiger partial charge in [-0.2, -0.15) is 0 Å². The first kappa shape index (κ1) is 17.6. The predicted molar refractivity (Wildman–Crippen MR) is 115 cm³/mol. The summed E-state index contributed by atoms with van der Waals surface area (Å²) in [5.74, 6) is 1.02. The maximum absolute atomic E-state index is 5.84. The van der Waals surface area contributed by atoms with E-state index in [1.807, 2.05) is 48.6 Å². The third kappa shape index (κ3) is 3.76. The Morgan fingerprint density at radius 2 is 2.03 bits per heavy atom. The summed E-state index contributed by atoms with van der Waals surface area (Å²) in [5.41, 5.74) is 10.5. The molecule has 1 aliphatic heterocycles. The summed E-state index contributed by atoms with van der Waals surface area (Å²) in [6, 6.07) is 10.2. The third-order valence-corrected chi connectivity index (χ3v) is 5.34. The Kier molecular flexibility index (Phi) is 4.35. The minimum atomic E-state index is -0.246. The number of nitrogens with two attached hydrogens (primary N) is 1. The van der Waals surface area contributed by atoms with Gasteiger partial charge in [-0.05, 0) is 43.4 Å².